The third-order valence-electron chi connectivity index (χ3n) is 3.23. The van der Waals surface area contributed by atoms with E-state index in [1.807, 2.05) is 12.1 Å². The Labute approximate surface area is 108 Å². The second-order valence-electron chi connectivity index (χ2n) is 4.65. The first-order chi connectivity index (χ1) is 8.79. The normalized spacial score (nSPS) is 16.1. The van der Waals surface area contributed by atoms with Crippen molar-refractivity contribution >= 4 is 0 Å². The molecule has 0 aromatic heterocycles. The van der Waals surface area contributed by atoms with Crippen molar-refractivity contribution in [1.82, 2.24) is 4.90 Å². The molecular formula is C15H19FN2. The maximum atomic E-state index is 13.9. The van der Waals surface area contributed by atoms with E-state index in [9.17, 15) is 4.39 Å². The van der Waals surface area contributed by atoms with Crippen molar-refractivity contribution in [2.24, 2.45) is 5.73 Å². The minimum absolute atomic E-state index is 0.163. The van der Waals surface area contributed by atoms with Crippen LogP contribution in [0.15, 0.2) is 18.2 Å². The molecule has 1 heterocycles. The van der Waals surface area contributed by atoms with E-state index in [0.29, 0.717) is 18.7 Å². The fourth-order valence-electron chi connectivity index (χ4n) is 2.26. The Morgan fingerprint density at radius 3 is 2.67 bits per heavy atom. The average molecular weight is 246 g/mol. The minimum atomic E-state index is -0.163. The molecule has 0 amide bonds. The van der Waals surface area contributed by atoms with E-state index in [2.05, 4.69) is 16.7 Å². The predicted octanol–water partition coefficient (Wildman–Crippen LogP) is 2.12. The largest absolute Gasteiger partial charge is 0.320 e. The lowest BCUT2D eigenvalue weighted by Crippen LogP contribution is -2.29. The van der Waals surface area contributed by atoms with Crippen LogP contribution in [0.4, 0.5) is 4.39 Å². The second kappa shape index (κ2) is 6.53. The van der Waals surface area contributed by atoms with Gasteiger partial charge in [-0.1, -0.05) is 24.3 Å². The monoisotopic (exact) mass is 246 g/mol. The number of likely N-dealkylation sites (tertiary alicyclic amines) is 1. The summed E-state index contributed by atoms with van der Waals surface area (Å²) >= 11 is 0. The quantitative estimate of drug-likeness (QED) is 0.810. The van der Waals surface area contributed by atoms with Gasteiger partial charge >= 0.3 is 0 Å². The molecule has 1 aromatic carbocycles. The van der Waals surface area contributed by atoms with Crippen LogP contribution in [0.2, 0.25) is 0 Å². The molecule has 0 atom stereocenters. The number of piperidine rings is 1. The zero-order valence-corrected chi connectivity index (χ0v) is 10.6. The van der Waals surface area contributed by atoms with Gasteiger partial charge in [-0.15, -0.1) is 0 Å². The summed E-state index contributed by atoms with van der Waals surface area (Å²) in [6.07, 6.45) is 3.75. The maximum absolute atomic E-state index is 13.9. The molecule has 2 N–H and O–H groups in total. The van der Waals surface area contributed by atoms with Crippen LogP contribution < -0.4 is 5.73 Å². The summed E-state index contributed by atoms with van der Waals surface area (Å²) in [6, 6.07) is 5.21. The first-order valence-electron chi connectivity index (χ1n) is 6.49. The fraction of sp³-hybridized carbons (Fsp3) is 0.467. The summed E-state index contributed by atoms with van der Waals surface area (Å²) in [7, 11) is 0. The molecule has 1 fully saturated rings. The number of hydrogen-bond donors (Lipinski definition) is 1. The van der Waals surface area contributed by atoms with Gasteiger partial charge in [-0.05, 0) is 38.1 Å². The lowest BCUT2D eigenvalue weighted by atomic mass is 10.1. The Morgan fingerprint density at radius 2 is 2.00 bits per heavy atom. The summed E-state index contributed by atoms with van der Waals surface area (Å²) in [5.74, 6) is 5.42. The van der Waals surface area contributed by atoms with Gasteiger partial charge in [-0.3, -0.25) is 4.90 Å². The molecule has 0 radical (unpaired) electrons. The van der Waals surface area contributed by atoms with Crippen LogP contribution >= 0.6 is 0 Å². The molecular weight excluding hydrogens is 227 g/mol. The summed E-state index contributed by atoms with van der Waals surface area (Å²) < 4.78 is 13.9. The molecule has 0 aliphatic carbocycles. The SMILES string of the molecule is NCC#Cc1ccc(CN2CCCCC2)c(F)c1. The van der Waals surface area contributed by atoms with Crippen molar-refractivity contribution in [3.63, 3.8) is 0 Å². The van der Waals surface area contributed by atoms with Gasteiger partial charge in [0, 0.05) is 17.7 Å². The zero-order chi connectivity index (χ0) is 12.8. The van der Waals surface area contributed by atoms with E-state index >= 15 is 0 Å². The lowest BCUT2D eigenvalue weighted by Gasteiger charge is -2.26. The fourth-order valence-corrected chi connectivity index (χ4v) is 2.26. The zero-order valence-electron chi connectivity index (χ0n) is 10.6. The van der Waals surface area contributed by atoms with Crippen LogP contribution in [0.3, 0.4) is 0 Å². The molecule has 96 valence electrons. The molecule has 0 saturated carbocycles. The number of halogens is 1. The minimum Gasteiger partial charge on any atom is -0.320 e. The molecule has 0 unspecified atom stereocenters. The van der Waals surface area contributed by atoms with Crippen molar-refractivity contribution in [3.8, 4) is 11.8 Å². The predicted molar refractivity (Wildman–Crippen MR) is 71.5 cm³/mol. The topological polar surface area (TPSA) is 29.3 Å². The molecule has 1 saturated heterocycles. The van der Waals surface area contributed by atoms with Gasteiger partial charge in [0.1, 0.15) is 5.82 Å². The van der Waals surface area contributed by atoms with Gasteiger partial charge in [0.25, 0.3) is 0 Å². The van der Waals surface area contributed by atoms with Crippen LogP contribution in [0, 0.1) is 17.7 Å². The lowest BCUT2D eigenvalue weighted by molar-refractivity contribution is 0.218. The van der Waals surface area contributed by atoms with Crippen molar-refractivity contribution < 1.29 is 4.39 Å². The van der Waals surface area contributed by atoms with Gasteiger partial charge in [0.2, 0.25) is 0 Å². The Balaban J connectivity index is 2.04. The summed E-state index contributed by atoms with van der Waals surface area (Å²) in [4.78, 5) is 2.31. The number of hydrogen-bond acceptors (Lipinski definition) is 2. The van der Waals surface area contributed by atoms with E-state index < -0.39 is 0 Å². The summed E-state index contributed by atoms with van der Waals surface area (Å²) in [6.45, 7) is 3.16. The Hall–Kier alpha value is -1.37. The Bertz CT molecular complexity index is 453. The van der Waals surface area contributed by atoms with Gasteiger partial charge in [0.05, 0.1) is 6.54 Å². The molecule has 1 aromatic rings. The number of nitrogens with two attached hydrogens (primary N) is 1. The summed E-state index contributed by atoms with van der Waals surface area (Å²) in [5, 5.41) is 0. The van der Waals surface area contributed by atoms with Crippen LogP contribution in [-0.4, -0.2) is 24.5 Å². The maximum Gasteiger partial charge on any atom is 0.128 e. The highest BCUT2D eigenvalue weighted by atomic mass is 19.1. The Morgan fingerprint density at radius 1 is 1.22 bits per heavy atom. The highest BCUT2D eigenvalue weighted by Crippen LogP contribution is 2.16. The van der Waals surface area contributed by atoms with E-state index in [4.69, 9.17) is 5.73 Å². The van der Waals surface area contributed by atoms with E-state index in [1.165, 1.54) is 25.3 Å². The smallest absolute Gasteiger partial charge is 0.128 e. The molecule has 2 nitrogen and oxygen atoms in total. The third-order valence-corrected chi connectivity index (χ3v) is 3.23. The highest BCUT2D eigenvalue weighted by Gasteiger charge is 2.12. The van der Waals surface area contributed by atoms with Gasteiger partial charge in [0.15, 0.2) is 0 Å². The third kappa shape index (κ3) is 3.56. The molecule has 3 heteroatoms. The van der Waals surface area contributed by atoms with Gasteiger partial charge in [-0.2, -0.15) is 0 Å². The Kier molecular flexibility index (Phi) is 4.74. The molecule has 1 aliphatic rings. The molecule has 18 heavy (non-hydrogen) atoms. The van der Waals surface area contributed by atoms with Crippen molar-refractivity contribution in [3.05, 3.63) is 35.1 Å². The van der Waals surface area contributed by atoms with E-state index in [0.717, 1.165) is 18.7 Å². The first-order valence-corrected chi connectivity index (χ1v) is 6.49. The molecule has 0 bridgehead atoms. The van der Waals surface area contributed by atoms with Crippen LogP contribution in [0.25, 0.3) is 0 Å². The van der Waals surface area contributed by atoms with Crippen molar-refractivity contribution in [1.29, 1.82) is 0 Å². The van der Waals surface area contributed by atoms with Crippen molar-refractivity contribution in [2.45, 2.75) is 25.8 Å². The molecule has 0 spiro atoms. The van der Waals surface area contributed by atoms with Crippen LogP contribution in [0.5, 0.6) is 0 Å². The van der Waals surface area contributed by atoms with Crippen molar-refractivity contribution in [2.75, 3.05) is 19.6 Å². The number of benzene rings is 1. The molecule has 1 aliphatic heterocycles. The highest BCUT2D eigenvalue weighted by molar-refractivity contribution is 5.37. The van der Waals surface area contributed by atoms with Crippen LogP contribution in [-0.2, 0) is 6.54 Å². The second-order valence-corrected chi connectivity index (χ2v) is 4.65. The first kappa shape index (κ1) is 13.1. The number of nitrogens with zero attached hydrogens (tertiary/aromatic N) is 1. The van der Waals surface area contributed by atoms with Gasteiger partial charge in [-0.25, -0.2) is 4.39 Å². The average Bonchev–Trinajstić information content (AvgIpc) is 2.40. The standard InChI is InChI=1S/C15H19FN2/c16-15-11-13(5-4-8-17)6-7-14(15)12-18-9-2-1-3-10-18/h6-7,11H,1-3,8-10,12,17H2. The van der Waals surface area contributed by atoms with Gasteiger partial charge < -0.3 is 5.73 Å². The summed E-state index contributed by atoms with van der Waals surface area (Å²) in [5.41, 5.74) is 6.75. The molecule has 2 rings (SSSR count). The number of rotatable bonds is 2. The van der Waals surface area contributed by atoms with Crippen LogP contribution in [0.1, 0.15) is 30.4 Å². The van der Waals surface area contributed by atoms with E-state index in [1.54, 1.807) is 0 Å². The van der Waals surface area contributed by atoms with E-state index in [-0.39, 0.29) is 5.82 Å².